The second-order valence-corrected chi connectivity index (χ2v) is 7.68. The second-order valence-electron chi connectivity index (χ2n) is 7.68. The van der Waals surface area contributed by atoms with Crippen LogP contribution in [-0.4, -0.2) is 45.6 Å². The minimum absolute atomic E-state index is 0.191. The molecule has 8 nitrogen and oxygen atoms in total. The third-order valence-electron chi connectivity index (χ3n) is 5.49. The first-order valence-corrected chi connectivity index (χ1v) is 10.3. The number of hydrogen-bond donors (Lipinski definition) is 2. The van der Waals surface area contributed by atoms with Crippen molar-refractivity contribution in [2.24, 2.45) is 4.99 Å². The van der Waals surface area contributed by atoms with Gasteiger partial charge in [-0.3, -0.25) is 20.2 Å². The highest BCUT2D eigenvalue weighted by atomic mass is 19.4. The molecule has 0 aliphatic heterocycles. The molecule has 0 atom stereocenters. The largest absolute Gasteiger partial charge is 0.417 e. The zero-order chi connectivity index (χ0) is 25.3. The summed E-state index contributed by atoms with van der Waals surface area (Å²) in [5.41, 5.74) is 6.23. The van der Waals surface area contributed by atoms with Gasteiger partial charge in [0, 0.05) is 29.6 Å². The summed E-state index contributed by atoms with van der Waals surface area (Å²) in [5, 5.41) is 12.5. The van der Waals surface area contributed by atoms with Gasteiger partial charge in [-0.05, 0) is 42.4 Å². The van der Waals surface area contributed by atoms with Crippen LogP contribution in [0.25, 0.3) is 21.7 Å². The number of rotatable bonds is 3. The van der Waals surface area contributed by atoms with Gasteiger partial charge in [0.05, 0.1) is 23.3 Å². The summed E-state index contributed by atoms with van der Waals surface area (Å²) < 4.78 is 38.7. The molecule has 0 saturated carbocycles. The molecule has 178 valence electrons. The number of hydrogen-bond acceptors (Lipinski definition) is 5. The number of nitrogens with two attached hydrogens (primary N) is 1. The Bertz CT molecular complexity index is 1450. The van der Waals surface area contributed by atoms with E-state index in [1.807, 2.05) is 24.3 Å². The molecule has 0 fully saturated rings. The zero-order valence-electron chi connectivity index (χ0n) is 18.5. The number of amides is 1. The first-order valence-electron chi connectivity index (χ1n) is 10.3. The van der Waals surface area contributed by atoms with E-state index in [0.29, 0.717) is 22.9 Å². The van der Waals surface area contributed by atoms with E-state index >= 15 is 0 Å². The van der Waals surface area contributed by atoms with E-state index in [0.717, 1.165) is 26.9 Å². The molecule has 4 rings (SSSR count). The maximum atomic E-state index is 13.6. The lowest BCUT2D eigenvalue weighted by atomic mass is 10.0. The third kappa shape index (κ3) is 4.60. The molecule has 11 heteroatoms. The van der Waals surface area contributed by atoms with Crippen molar-refractivity contribution in [1.82, 2.24) is 20.0 Å². The van der Waals surface area contributed by atoms with Crippen LogP contribution in [0.2, 0.25) is 0 Å². The standard InChI is InChI=1S/C24H20F3N7O/c1-30-23(29)33(2)34(13-16-9-8-15(12-31-16)24(25,26)27)22(35)14-7-10-20-19(11-14)17-5-3-4-6-18(17)21(28)32-20/h3-12,29H,1,13H2,2H3,(H2,28,32). The van der Waals surface area contributed by atoms with Crippen molar-refractivity contribution in [2.75, 3.05) is 12.8 Å². The number of aromatic nitrogens is 2. The average Bonchev–Trinajstić information content (AvgIpc) is 2.85. The molecule has 0 aliphatic carbocycles. The number of fused-ring (bicyclic) bond motifs is 3. The molecule has 35 heavy (non-hydrogen) atoms. The van der Waals surface area contributed by atoms with E-state index in [1.165, 1.54) is 13.1 Å². The smallest absolute Gasteiger partial charge is 0.383 e. The molecule has 4 aromatic rings. The number of benzene rings is 2. The highest BCUT2D eigenvalue weighted by molar-refractivity contribution is 6.11. The Kier molecular flexibility index (Phi) is 6.08. The second kappa shape index (κ2) is 9.01. The minimum atomic E-state index is -4.53. The Hall–Kier alpha value is -4.54. The number of hydrazine groups is 1. The summed E-state index contributed by atoms with van der Waals surface area (Å²) in [7, 11) is 1.43. The maximum absolute atomic E-state index is 13.6. The summed E-state index contributed by atoms with van der Waals surface area (Å²) in [6.45, 7) is 3.11. The van der Waals surface area contributed by atoms with Crippen LogP contribution < -0.4 is 5.73 Å². The summed E-state index contributed by atoms with van der Waals surface area (Å²) in [6, 6.07) is 14.4. The van der Waals surface area contributed by atoms with E-state index in [9.17, 15) is 18.0 Å². The number of nitrogens with zero attached hydrogens (tertiary/aromatic N) is 5. The van der Waals surface area contributed by atoms with Crippen molar-refractivity contribution in [1.29, 1.82) is 5.41 Å². The Morgan fingerprint density at radius 1 is 1.11 bits per heavy atom. The van der Waals surface area contributed by atoms with E-state index in [2.05, 4.69) is 21.7 Å². The molecule has 0 bridgehead atoms. The van der Waals surface area contributed by atoms with Crippen LogP contribution in [0, 0.1) is 5.41 Å². The molecule has 0 radical (unpaired) electrons. The Balaban J connectivity index is 1.75. The van der Waals surface area contributed by atoms with Crippen molar-refractivity contribution in [2.45, 2.75) is 12.7 Å². The maximum Gasteiger partial charge on any atom is 0.417 e. The first kappa shape index (κ1) is 23.6. The van der Waals surface area contributed by atoms with Crippen LogP contribution >= 0.6 is 0 Å². The van der Waals surface area contributed by atoms with Gasteiger partial charge >= 0.3 is 6.18 Å². The summed E-state index contributed by atoms with van der Waals surface area (Å²) in [5.74, 6) is -0.483. The Labute approximate surface area is 198 Å². The van der Waals surface area contributed by atoms with Crippen molar-refractivity contribution in [3.8, 4) is 0 Å². The van der Waals surface area contributed by atoms with Crippen LogP contribution in [0.15, 0.2) is 65.8 Å². The highest BCUT2D eigenvalue weighted by Crippen LogP contribution is 2.30. The molecule has 0 spiro atoms. The Morgan fingerprint density at radius 2 is 1.83 bits per heavy atom. The molecule has 1 amide bonds. The number of carbonyl (C=O) groups is 1. The van der Waals surface area contributed by atoms with Gasteiger partial charge in [-0.25, -0.2) is 15.0 Å². The first-order chi connectivity index (χ1) is 16.6. The van der Waals surface area contributed by atoms with Crippen LogP contribution in [0.5, 0.6) is 0 Å². The Morgan fingerprint density at radius 3 is 2.46 bits per heavy atom. The van der Waals surface area contributed by atoms with Gasteiger partial charge in [-0.2, -0.15) is 13.2 Å². The summed E-state index contributed by atoms with van der Waals surface area (Å²) in [4.78, 5) is 25.4. The lowest BCUT2D eigenvalue weighted by Crippen LogP contribution is -2.46. The van der Waals surface area contributed by atoms with Crippen molar-refractivity contribution >= 4 is 46.1 Å². The van der Waals surface area contributed by atoms with Crippen LogP contribution in [0.4, 0.5) is 19.0 Å². The molecule has 0 unspecified atom stereocenters. The molecule has 3 N–H and O–H groups in total. The van der Waals surface area contributed by atoms with Gasteiger partial charge in [0.2, 0.25) is 5.96 Å². The number of halogens is 3. The molecule has 0 saturated heterocycles. The quantitative estimate of drug-likeness (QED) is 0.194. The molecule has 2 aromatic heterocycles. The van der Waals surface area contributed by atoms with Gasteiger partial charge in [0.1, 0.15) is 5.82 Å². The molecular formula is C24H20F3N7O. The predicted octanol–water partition coefficient (Wildman–Crippen LogP) is 4.51. The lowest BCUT2D eigenvalue weighted by molar-refractivity contribution is -0.137. The highest BCUT2D eigenvalue weighted by Gasteiger charge is 2.31. The van der Waals surface area contributed by atoms with E-state index in [4.69, 9.17) is 11.1 Å². The van der Waals surface area contributed by atoms with E-state index < -0.39 is 17.6 Å². The van der Waals surface area contributed by atoms with Crippen LogP contribution in [0.1, 0.15) is 21.6 Å². The van der Waals surface area contributed by atoms with E-state index in [-0.39, 0.29) is 23.8 Å². The van der Waals surface area contributed by atoms with E-state index in [1.54, 1.807) is 18.2 Å². The number of nitrogens with one attached hydrogen (secondary N) is 1. The molecule has 0 aliphatic rings. The van der Waals surface area contributed by atoms with Gasteiger partial charge in [0.25, 0.3) is 5.91 Å². The number of aliphatic imine (C=N–C) groups is 1. The zero-order valence-corrected chi connectivity index (χ0v) is 18.5. The topological polar surface area (TPSA) is 112 Å². The summed E-state index contributed by atoms with van der Waals surface area (Å²) >= 11 is 0. The number of anilines is 1. The van der Waals surface area contributed by atoms with Gasteiger partial charge in [-0.1, -0.05) is 24.3 Å². The molecular weight excluding hydrogens is 459 g/mol. The fourth-order valence-electron chi connectivity index (χ4n) is 3.63. The fourth-order valence-corrected chi connectivity index (χ4v) is 3.63. The van der Waals surface area contributed by atoms with Crippen molar-refractivity contribution in [3.05, 3.63) is 77.6 Å². The summed E-state index contributed by atoms with van der Waals surface area (Å²) in [6.07, 6.45) is -3.83. The molecule has 2 heterocycles. The van der Waals surface area contributed by atoms with Gasteiger partial charge < -0.3 is 5.73 Å². The average molecular weight is 479 g/mol. The molecule has 2 aromatic carbocycles. The van der Waals surface area contributed by atoms with Crippen molar-refractivity contribution < 1.29 is 18.0 Å². The number of carbonyl (C=O) groups excluding carboxylic acids is 1. The van der Waals surface area contributed by atoms with Crippen molar-refractivity contribution in [3.63, 3.8) is 0 Å². The number of guanidine groups is 1. The fraction of sp³-hybridized carbons (Fsp3) is 0.125. The van der Waals surface area contributed by atoms with Gasteiger partial charge in [0.15, 0.2) is 0 Å². The number of alkyl halides is 3. The van der Waals surface area contributed by atoms with Gasteiger partial charge in [-0.15, -0.1) is 0 Å². The minimum Gasteiger partial charge on any atom is -0.383 e. The van der Waals surface area contributed by atoms with Crippen LogP contribution in [0.3, 0.4) is 0 Å². The lowest BCUT2D eigenvalue weighted by Gasteiger charge is -2.31. The number of nitrogen functional groups attached to an aromatic ring is 1. The number of pyridine rings is 2. The normalized spacial score (nSPS) is 11.4. The predicted molar refractivity (Wildman–Crippen MR) is 128 cm³/mol. The third-order valence-corrected chi connectivity index (χ3v) is 5.49. The monoisotopic (exact) mass is 479 g/mol. The van der Waals surface area contributed by atoms with Crippen LogP contribution in [-0.2, 0) is 12.7 Å². The SMILES string of the molecule is C=NC(=N)N(C)N(Cc1ccc(C(F)(F)F)cn1)C(=O)c1ccc2nc(N)c3ccccc3c2c1.